The summed E-state index contributed by atoms with van der Waals surface area (Å²) in [5.74, 6) is -37.0. The first-order valence-electron chi connectivity index (χ1n) is 9.10. The minimum atomic E-state index is -7.92. The van der Waals surface area contributed by atoms with E-state index in [-0.39, 0.29) is 10.8 Å². The van der Waals surface area contributed by atoms with E-state index >= 15 is 0 Å². The number of benzene rings is 1. The molecule has 0 fully saturated rings. The van der Waals surface area contributed by atoms with Gasteiger partial charge in [-0.15, -0.1) is 0 Å². The molecular formula is C18H18F13OSi2. The van der Waals surface area contributed by atoms with Crippen LogP contribution in [0.3, 0.4) is 0 Å². The van der Waals surface area contributed by atoms with Crippen molar-refractivity contribution in [2.45, 2.75) is 61.5 Å². The Bertz CT molecular complexity index is 875. The van der Waals surface area contributed by atoms with Crippen molar-refractivity contribution in [1.29, 1.82) is 0 Å². The Hall–Kier alpha value is -1.56. The Morgan fingerprint density at radius 1 is 0.765 bits per heavy atom. The van der Waals surface area contributed by atoms with Gasteiger partial charge in [0.25, 0.3) is 0 Å². The summed E-state index contributed by atoms with van der Waals surface area (Å²) in [6.07, 6.45) is -6.36. The highest BCUT2D eigenvalue weighted by atomic mass is 28.4. The summed E-state index contributed by atoms with van der Waals surface area (Å²) in [5.41, 5.74) is 0.0504. The molecule has 195 valence electrons. The van der Waals surface area contributed by atoms with Gasteiger partial charge in [-0.2, -0.15) is 57.1 Å². The molecule has 0 saturated heterocycles. The van der Waals surface area contributed by atoms with Gasteiger partial charge in [0, 0.05) is 6.04 Å². The number of hydrogen-bond acceptors (Lipinski definition) is 1. The van der Waals surface area contributed by atoms with Crippen molar-refractivity contribution in [2.75, 3.05) is 0 Å². The molecule has 34 heavy (non-hydrogen) atoms. The quantitative estimate of drug-likeness (QED) is 0.222. The smallest absolute Gasteiger partial charge is 0.452 e. The number of hydrogen-bond donors (Lipinski definition) is 0. The average Bonchev–Trinajstić information content (AvgIpc) is 2.64. The molecule has 0 bridgehead atoms. The third kappa shape index (κ3) is 5.32. The summed E-state index contributed by atoms with van der Waals surface area (Å²) >= 11 is 0. The van der Waals surface area contributed by atoms with Crippen LogP contribution in [0.2, 0.25) is 25.7 Å². The summed E-state index contributed by atoms with van der Waals surface area (Å²) in [7, 11) is -6.36. The van der Waals surface area contributed by atoms with E-state index in [0.29, 0.717) is 0 Å². The van der Waals surface area contributed by atoms with E-state index in [0.717, 1.165) is 12.1 Å². The van der Waals surface area contributed by atoms with Gasteiger partial charge in [0.05, 0.1) is 0 Å². The second-order valence-corrected chi connectivity index (χ2v) is 14.9. The molecule has 1 radical (unpaired) electrons. The Kier molecular flexibility index (Phi) is 8.20. The molecule has 0 aliphatic heterocycles. The lowest BCUT2D eigenvalue weighted by Gasteiger charge is -2.40. The Morgan fingerprint density at radius 2 is 1.21 bits per heavy atom. The van der Waals surface area contributed by atoms with Crippen LogP contribution in [-0.2, 0) is 4.12 Å². The first-order chi connectivity index (χ1) is 14.9. The highest BCUT2D eigenvalue weighted by Gasteiger charge is 2.90. The minimum Gasteiger partial charge on any atom is -0.452 e. The van der Waals surface area contributed by atoms with Gasteiger partial charge in [0.15, 0.2) is 8.32 Å². The third-order valence-corrected chi connectivity index (χ3v) is 9.55. The van der Waals surface area contributed by atoms with Gasteiger partial charge >= 0.3 is 35.8 Å². The highest BCUT2D eigenvalue weighted by molar-refractivity contribution is 6.82. The Balaban J connectivity index is 3.60. The van der Waals surface area contributed by atoms with Crippen LogP contribution < -0.4 is 5.19 Å². The van der Waals surface area contributed by atoms with Crippen molar-refractivity contribution in [3.63, 3.8) is 0 Å². The van der Waals surface area contributed by atoms with Crippen molar-refractivity contribution in [2.24, 2.45) is 0 Å². The van der Waals surface area contributed by atoms with Gasteiger partial charge in [-0.1, -0.05) is 36.9 Å². The fourth-order valence-corrected chi connectivity index (χ4v) is 7.89. The second-order valence-electron chi connectivity index (χ2n) is 8.11. The van der Waals surface area contributed by atoms with Crippen LogP contribution in [-0.4, -0.2) is 53.1 Å². The van der Waals surface area contributed by atoms with Crippen LogP contribution in [0.15, 0.2) is 30.8 Å². The number of halogens is 13. The summed E-state index contributed by atoms with van der Waals surface area (Å²) in [6.45, 7) is 7.56. The first-order valence-corrected chi connectivity index (χ1v) is 14.1. The molecule has 1 aromatic carbocycles. The molecule has 0 aliphatic carbocycles. The lowest BCUT2D eigenvalue weighted by Crippen LogP contribution is -2.70. The maximum absolute atomic E-state index is 14.5. The van der Waals surface area contributed by atoms with Crippen LogP contribution in [0.25, 0.3) is 6.08 Å². The summed E-state index contributed by atoms with van der Waals surface area (Å²) < 4.78 is 180. The molecule has 0 heterocycles. The normalized spacial score (nSPS) is 15.1. The standard InChI is InChI=1S/C18H18F13OSi2/c1-5-11-8-6-7-9-12(11)33(32-34(2,3)4)10-13(19,20)14(21,22)15(23,24)16(25,26)17(27,28)18(29,30)31/h5-9H,1,10H2,2-4H3. The summed E-state index contributed by atoms with van der Waals surface area (Å²) in [5, 5.41) is -0.198. The van der Waals surface area contributed by atoms with Crippen molar-refractivity contribution in [3.8, 4) is 0 Å². The topological polar surface area (TPSA) is 9.23 Å². The van der Waals surface area contributed by atoms with Gasteiger partial charge in [-0.3, -0.25) is 0 Å². The van der Waals surface area contributed by atoms with Crippen molar-refractivity contribution in [3.05, 3.63) is 36.4 Å². The van der Waals surface area contributed by atoms with Crippen LogP contribution in [0.5, 0.6) is 0 Å². The van der Waals surface area contributed by atoms with Crippen molar-refractivity contribution < 1.29 is 61.2 Å². The second kappa shape index (κ2) is 9.15. The van der Waals surface area contributed by atoms with Crippen LogP contribution >= 0.6 is 0 Å². The van der Waals surface area contributed by atoms with E-state index in [1.807, 2.05) is 0 Å². The zero-order chi connectivity index (χ0) is 27.2. The molecule has 0 amide bonds. The van der Waals surface area contributed by atoms with E-state index in [1.54, 1.807) is 0 Å². The van der Waals surface area contributed by atoms with Crippen LogP contribution in [0.4, 0.5) is 57.1 Å². The molecular weight excluding hydrogens is 535 g/mol. The largest absolute Gasteiger partial charge is 0.460 e. The predicted molar refractivity (Wildman–Crippen MR) is 102 cm³/mol. The number of rotatable bonds is 10. The van der Waals surface area contributed by atoms with E-state index in [1.165, 1.54) is 37.8 Å². The molecule has 0 atom stereocenters. The maximum atomic E-state index is 14.5. The van der Waals surface area contributed by atoms with E-state index < -0.39 is 59.2 Å². The third-order valence-electron chi connectivity index (χ3n) is 4.29. The number of alkyl halides is 13. The van der Waals surface area contributed by atoms with Crippen LogP contribution in [0, 0.1) is 0 Å². The van der Waals surface area contributed by atoms with E-state index in [2.05, 4.69) is 6.58 Å². The monoisotopic (exact) mass is 553 g/mol. The summed E-state index contributed by atoms with van der Waals surface area (Å²) in [4.78, 5) is 0. The predicted octanol–water partition coefficient (Wildman–Crippen LogP) is 7.12. The molecule has 16 heteroatoms. The van der Waals surface area contributed by atoms with Crippen LogP contribution in [0.1, 0.15) is 5.56 Å². The van der Waals surface area contributed by atoms with Gasteiger partial charge in [0.1, 0.15) is 0 Å². The molecule has 0 spiro atoms. The SMILES string of the molecule is C=Cc1ccccc1[Si](CC(F)(F)C(F)(F)C(F)(F)C(F)(F)C(F)(F)C(F)(F)F)O[Si](C)(C)C. The molecule has 0 unspecified atom stereocenters. The first kappa shape index (κ1) is 30.5. The lowest BCUT2D eigenvalue weighted by atomic mass is 9.94. The van der Waals surface area contributed by atoms with Gasteiger partial charge in [0.2, 0.25) is 9.04 Å². The van der Waals surface area contributed by atoms with Crippen molar-refractivity contribution >= 4 is 28.6 Å². The average molecular weight is 553 g/mol. The summed E-state index contributed by atoms with van der Waals surface area (Å²) in [6, 6.07) is 2.63. The molecule has 1 rings (SSSR count). The zero-order valence-corrected chi connectivity index (χ0v) is 19.6. The van der Waals surface area contributed by atoms with Crippen molar-refractivity contribution in [1.82, 2.24) is 0 Å². The molecule has 0 aromatic heterocycles. The highest BCUT2D eigenvalue weighted by Crippen LogP contribution is 2.60. The fourth-order valence-electron chi connectivity index (χ4n) is 2.60. The lowest BCUT2D eigenvalue weighted by molar-refractivity contribution is -0.438. The maximum Gasteiger partial charge on any atom is 0.460 e. The fraction of sp³-hybridized carbons (Fsp3) is 0.556. The Morgan fingerprint density at radius 3 is 1.62 bits per heavy atom. The van der Waals surface area contributed by atoms with E-state index in [4.69, 9.17) is 4.12 Å². The molecule has 0 aliphatic rings. The zero-order valence-electron chi connectivity index (χ0n) is 17.6. The van der Waals surface area contributed by atoms with Gasteiger partial charge in [-0.25, -0.2) is 0 Å². The van der Waals surface area contributed by atoms with Gasteiger partial charge < -0.3 is 4.12 Å². The molecule has 0 N–H and O–H groups in total. The Labute approximate surface area is 188 Å². The van der Waals surface area contributed by atoms with Gasteiger partial charge in [-0.05, 0) is 30.4 Å². The van der Waals surface area contributed by atoms with E-state index in [9.17, 15) is 57.1 Å². The molecule has 1 nitrogen and oxygen atoms in total. The minimum absolute atomic E-state index is 0.0504. The molecule has 1 aromatic rings. The molecule has 0 saturated carbocycles.